The van der Waals surface area contributed by atoms with Crippen LogP contribution in [0.3, 0.4) is 0 Å². The molecule has 2 aromatic carbocycles. The van der Waals surface area contributed by atoms with Gasteiger partial charge < -0.3 is 9.47 Å². The molecule has 0 radical (unpaired) electrons. The largest absolute Gasteiger partial charge is 0.443 e. The molecular formula is C19H22ClNO4. The Hall–Kier alpha value is -2.27. The van der Waals surface area contributed by atoms with Crippen LogP contribution in [0, 0.1) is 0 Å². The summed E-state index contributed by atoms with van der Waals surface area (Å²) in [5, 5.41) is 1.58. The Morgan fingerprint density at radius 1 is 1.16 bits per heavy atom. The van der Waals surface area contributed by atoms with Crippen LogP contribution in [0.4, 0.5) is 10.5 Å². The molecule has 0 spiro atoms. The van der Waals surface area contributed by atoms with Gasteiger partial charge in [0.1, 0.15) is 11.4 Å². The Balaban J connectivity index is 2.62. The summed E-state index contributed by atoms with van der Waals surface area (Å²) in [6, 6.07) is 9.09. The number of fused-ring (bicyclic) bond motifs is 1. The second kappa shape index (κ2) is 7.31. The van der Waals surface area contributed by atoms with Crippen molar-refractivity contribution in [2.45, 2.75) is 39.2 Å². The van der Waals surface area contributed by atoms with Crippen LogP contribution in [0.15, 0.2) is 30.3 Å². The molecular weight excluding hydrogens is 342 g/mol. The third-order valence-electron chi connectivity index (χ3n) is 3.51. The van der Waals surface area contributed by atoms with E-state index >= 15 is 0 Å². The molecule has 134 valence electrons. The highest BCUT2D eigenvalue weighted by Gasteiger charge is 2.24. The van der Waals surface area contributed by atoms with Crippen LogP contribution >= 0.6 is 11.6 Å². The number of hydrogen-bond donors (Lipinski definition) is 0. The van der Waals surface area contributed by atoms with E-state index in [1.54, 1.807) is 33.9 Å². The number of hydrogen-bond acceptors (Lipinski definition) is 4. The molecule has 2 aromatic rings. The van der Waals surface area contributed by atoms with Crippen molar-refractivity contribution in [1.29, 1.82) is 0 Å². The molecule has 0 bridgehead atoms. The first kappa shape index (κ1) is 19.1. The quantitative estimate of drug-likeness (QED) is 0.443. The number of nitrogens with zero attached hydrogens (tertiary/aromatic N) is 1. The number of alkyl halides is 1. The number of esters is 1. The van der Waals surface area contributed by atoms with E-state index < -0.39 is 17.7 Å². The lowest BCUT2D eigenvalue weighted by molar-refractivity contribution is -0.131. The van der Waals surface area contributed by atoms with Gasteiger partial charge in [-0.05, 0) is 31.7 Å². The third-order valence-corrected chi connectivity index (χ3v) is 3.78. The van der Waals surface area contributed by atoms with E-state index in [0.717, 1.165) is 16.3 Å². The van der Waals surface area contributed by atoms with E-state index in [-0.39, 0.29) is 5.88 Å². The minimum Gasteiger partial charge on any atom is -0.443 e. The second-order valence-corrected chi connectivity index (χ2v) is 6.95. The predicted molar refractivity (Wildman–Crippen MR) is 99.5 cm³/mol. The van der Waals surface area contributed by atoms with E-state index in [1.165, 1.54) is 11.8 Å². The maximum atomic E-state index is 12.4. The van der Waals surface area contributed by atoms with Crippen molar-refractivity contribution in [3.63, 3.8) is 0 Å². The topological polar surface area (TPSA) is 55.8 Å². The van der Waals surface area contributed by atoms with E-state index in [9.17, 15) is 9.59 Å². The van der Waals surface area contributed by atoms with Crippen molar-refractivity contribution in [1.82, 2.24) is 0 Å². The number of ether oxygens (including phenoxy) is 2. The Labute approximate surface area is 152 Å². The first-order valence-electron chi connectivity index (χ1n) is 7.89. The van der Waals surface area contributed by atoms with Crippen molar-refractivity contribution < 1.29 is 19.1 Å². The molecule has 0 aliphatic carbocycles. The average Bonchev–Trinajstić information content (AvgIpc) is 2.51. The molecule has 0 saturated heterocycles. The first-order valence-corrected chi connectivity index (χ1v) is 8.43. The minimum atomic E-state index is -0.623. The Morgan fingerprint density at radius 2 is 1.76 bits per heavy atom. The Kier molecular flexibility index (Phi) is 5.58. The molecule has 0 N–H and O–H groups in total. The number of benzene rings is 2. The van der Waals surface area contributed by atoms with Crippen molar-refractivity contribution in [2.75, 3.05) is 11.9 Å². The Morgan fingerprint density at radius 3 is 2.28 bits per heavy atom. The second-order valence-electron chi connectivity index (χ2n) is 6.68. The normalized spacial score (nSPS) is 11.3. The fraction of sp³-hybridized carbons (Fsp3) is 0.368. The fourth-order valence-electron chi connectivity index (χ4n) is 2.50. The van der Waals surface area contributed by atoms with Crippen LogP contribution < -0.4 is 9.64 Å². The van der Waals surface area contributed by atoms with Gasteiger partial charge in [0.15, 0.2) is 0 Å². The molecule has 0 heterocycles. The van der Waals surface area contributed by atoms with Crippen LogP contribution in [0.1, 0.15) is 33.3 Å². The maximum absolute atomic E-state index is 12.4. The van der Waals surface area contributed by atoms with E-state index in [2.05, 4.69) is 0 Å². The number of amides is 1. The zero-order chi connectivity index (χ0) is 18.8. The molecule has 1 amide bonds. The monoisotopic (exact) mass is 363 g/mol. The highest BCUT2D eigenvalue weighted by atomic mass is 35.5. The molecule has 0 aliphatic rings. The fourth-order valence-corrected chi connectivity index (χ4v) is 2.78. The lowest BCUT2D eigenvalue weighted by Gasteiger charge is -2.26. The van der Waals surface area contributed by atoms with Gasteiger partial charge in [-0.1, -0.05) is 24.3 Å². The van der Waals surface area contributed by atoms with Gasteiger partial charge >= 0.3 is 12.1 Å². The van der Waals surface area contributed by atoms with Crippen LogP contribution in [0.2, 0.25) is 0 Å². The zero-order valence-corrected chi connectivity index (χ0v) is 15.8. The number of halogens is 1. The van der Waals surface area contributed by atoms with Crippen LogP contribution in [-0.4, -0.2) is 24.7 Å². The molecule has 25 heavy (non-hydrogen) atoms. The highest BCUT2D eigenvalue weighted by Crippen LogP contribution is 2.37. The molecule has 0 aliphatic heterocycles. The maximum Gasteiger partial charge on any atom is 0.414 e. The molecule has 0 fully saturated rings. The standard InChI is InChI=1S/C19H22ClNO4/c1-12(22)24-17-10-16(21(5)18(23)25-19(2,3)4)15(11-20)13-8-6-7-9-14(13)17/h6-10H,11H2,1-5H3. The van der Waals surface area contributed by atoms with Gasteiger partial charge in [-0.25, -0.2) is 4.79 Å². The summed E-state index contributed by atoms with van der Waals surface area (Å²) < 4.78 is 10.8. The van der Waals surface area contributed by atoms with Crippen molar-refractivity contribution >= 4 is 40.1 Å². The molecule has 0 saturated carbocycles. The molecule has 5 nitrogen and oxygen atoms in total. The smallest absolute Gasteiger partial charge is 0.414 e. The summed E-state index contributed by atoms with van der Waals surface area (Å²) in [5.41, 5.74) is 0.683. The van der Waals surface area contributed by atoms with Gasteiger partial charge in [0.05, 0.1) is 11.6 Å². The van der Waals surface area contributed by atoms with E-state index in [0.29, 0.717) is 11.4 Å². The van der Waals surface area contributed by atoms with Gasteiger partial charge in [-0.15, -0.1) is 11.6 Å². The lowest BCUT2D eigenvalue weighted by atomic mass is 10.0. The molecule has 6 heteroatoms. The van der Waals surface area contributed by atoms with Gasteiger partial charge in [0.2, 0.25) is 0 Å². The van der Waals surface area contributed by atoms with Gasteiger partial charge in [-0.2, -0.15) is 0 Å². The molecule has 2 rings (SSSR count). The van der Waals surface area contributed by atoms with Crippen molar-refractivity contribution in [2.24, 2.45) is 0 Å². The first-order chi connectivity index (χ1) is 11.6. The summed E-state index contributed by atoms with van der Waals surface area (Å²) in [6.07, 6.45) is -0.511. The summed E-state index contributed by atoms with van der Waals surface area (Å²) in [5.74, 6) is 0.139. The van der Waals surface area contributed by atoms with Gasteiger partial charge in [0.25, 0.3) is 0 Å². The average molecular weight is 364 g/mol. The number of anilines is 1. The number of rotatable bonds is 3. The van der Waals surface area contributed by atoms with Crippen molar-refractivity contribution in [3.8, 4) is 5.75 Å². The summed E-state index contributed by atoms with van der Waals surface area (Å²) >= 11 is 6.16. The highest BCUT2D eigenvalue weighted by molar-refractivity contribution is 6.19. The van der Waals surface area contributed by atoms with Gasteiger partial charge in [-0.3, -0.25) is 9.69 Å². The molecule has 0 atom stereocenters. The number of carbonyl (C=O) groups excluding carboxylic acids is 2. The summed E-state index contributed by atoms with van der Waals surface area (Å²) in [7, 11) is 1.60. The summed E-state index contributed by atoms with van der Waals surface area (Å²) in [6.45, 7) is 6.73. The van der Waals surface area contributed by atoms with Crippen LogP contribution in [-0.2, 0) is 15.4 Å². The number of carbonyl (C=O) groups is 2. The predicted octanol–water partition coefficient (Wildman–Crippen LogP) is 4.88. The SMILES string of the molecule is CC(=O)Oc1cc(N(C)C(=O)OC(C)(C)C)c(CCl)c2ccccc12. The minimum absolute atomic E-state index is 0.198. The van der Waals surface area contributed by atoms with E-state index in [4.69, 9.17) is 21.1 Å². The van der Waals surface area contributed by atoms with Gasteiger partial charge in [0, 0.05) is 25.4 Å². The lowest BCUT2D eigenvalue weighted by Crippen LogP contribution is -2.34. The Bertz CT molecular complexity index is 811. The summed E-state index contributed by atoms with van der Waals surface area (Å²) in [4.78, 5) is 25.3. The zero-order valence-electron chi connectivity index (χ0n) is 15.1. The molecule has 0 unspecified atom stereocenters. The van der Waals surface area contributed by atoms with Crippen molar-refractivity contribution in [3.05, 3.63) is 35.9 Å². The molecule has 0 aromatic heterocycles. The van der Waals surface area contributed by atoms with Crippen LogP contribution in [0.25, 0.3) is 10.8 Å². The van der Waals surface area contributed by atoms with Crippen LogP contribution in [0.5, 0.6) is 5.75 Å². The van der Waals surface area contributed by atoms with E-state index in [1.807, 2.05) is 24.3 Å². The third kappa shape index (κ3) is 4.42.